The predicted octanol–water partition coefficient (Wildman–Crippen LogP) is 2.56. The zero-order valence-electron chi connectivity index (χ0n) is 10.4. The molecule has 0 radical (unpaired) electrons. The van der Waals surface area contributed by atoms with Gasteiger partial charge in [0.05, 0.1) is 0 Å². The van der Waals surface area contributed by atoms with E-state index in [1.165, 1.54) is 0 Å². The minimum absolute atomic E-state index is 0.146. The number of hydrogen-bond acceptors (Lipinski definition) is 2. The molecule has 0 aliphatic carbocycles. The van der Waals surface area contributed by atoms with Gasteiger partial charge in [-0.1, -0.05) is 11.6 Å². The fourth-order valence-corrected chi connectivity index (χ4v) is 2.16. The van der Waals surface area contributed by atoms with Crippen molar-refractivity contribution in [2.45, 2.75) is 18.9 Å². The second-order valence-electron chi connectivity index (χ2n) is 4.68. The largest absolute Gasteiger partial charge is 0.335 e. The molecule has 1 aromatic carbocycles. The number of benzene rings is 1. The van der Waals surface area contributed by atoms with E-state index < -0.39 is 0 Å². The van der Waals surface area contributed by atoms with E-state index in [1.807, 2.05) is 0 Å². The standard InChI is InChI=1S/C13H18ClN3O/c1-17-8-6-12(7-9-17)16-13(18)15-11-4-2-10(14)3-5-11/h2-5,12H,6-9H2,1H3,(H2,15,16,18). The Morgan fingerprint density at radius 3 is 2.50 bits per heavy atom. The van der Waals surface area contributed by atoms with Gasteiger partial charge in [-0.2, -0.15) is 0 Å². The number of piperidine rings is 1. The third kappa shape index (κ3) is 3.89. The molecule has 0 atom stereocenters. The van der Waals surface area contributed by atoms with Gasteiger partial charge in [-0.15, -0.1) is 0 Å². The number of carbonyl (C=O) groups is 1. The second-order valence-corrected chi connectivity index (χ2v) is 5.12. The Balaban J connectivity index is 1.80. The molecule has 1 saturated heterocycles. The number of carbonyl (C=O) groups excluding carboxylic acids is 1. The van der Waals surface area contributed by atoms with Crippen LogP contribution in [0, 0.1) is 0 Å². The Labute approximate surface area is 112 Å². The lowest BCUT2D eigenvalue weighted by atomic mass is 10.1. The molecule has 0 unspecified atom stereocenters. The fourth-order valence-electron chi connectivity index (χ4n) is 2.04. The van der Waals surface area contributed by atoms with E-state index in [0.717, 1.165) is 31.6 Å². The molecule has 0 spiro atoms. The van der Waals surface area contributed by atoms with Crippen molar-refractivity contribution >= 4 is 23.3 Å². The van der Waals surface area contributed by atoms with E-state index >= 15 is 0 Å². The molecule has 98 valence electrons. The fraction of sp³-hybridized carbons (Fsp3) is 0.462. The van der Waals surface area contributed by atoms with Crippen molar-refractivity contribution in [2.75, 3.05) is 25.5 Å². The lowest BCUT2D eigenvalue weighted by Gasteiger charge is -2.29. The molecular formula is C13H18ClN3O. The molecule has 1 heterocycles. The van der Waals surface area contributed by atoms with Crippen LogP contribution in [0.25, 0.3) is 0 Å². The van der Waals surface area contributed by atoms with Gasteiger partial charge in [-0.25, -0.2) is 4.79 Å². The molecule has 2 N–H and O–H groups in total. The van der Waals surface area contributed by atoms with Crippen molar-refractivity contribution in [3.8, 4) is 0 Å². The van der Waals surface area contributed by atoms with Crippen LogP contribution in [-0.2, 0) is 0 Å². The summed E-state index contributed by atoms with van der Waals surface area (Å²) in [5.41, 5.74) is 0.754. The molecular weight excluding hydrogens is 250 g/mol. The summed E-state index contributed by atoms with van der Waals surface area (Å²) in [5, 5.41) is 6.46. The van der Waals surface area contributed by atoms with Crippen molar-refractivity contribution in [2.24, 2.45) is 0 Å². The Kier molecular flexibility index (Phi) is 4.44. The Morgan fingerprint density at radius 2 is 1.89 bits per heavy atom. The third-order valence-corrected chi connectivity index (χ3v) is 3.41. The Hall–Kier alpha value is -1.26. The monoisotopic (exact) mass is 267 g/mol. The van der Waals surface area contributed by atoms with Crippen molar-refractivity contribution in [3.05, 3.63) is 29.3 Å². The van der Waals surface area contributed by atoms with Gasteiger partial charge in [0, 0.05) is 16.8 Å². The molecule has 2 rings (SSSR count). The third-order valence-electron chi connectivity index (χ3n) is 3.16. The summed E-state index contributed by atoms with van der Waals surface area (Å²) in [6.07, 6.45) is 2.01. The van der Waals surface area contributed by atoms with E-state index in [9.17, 15) is 4.79 Å². The highest BCUT2D eigenvalue weighted by molar-refractivity contribution is 6.30. The number of likely N-dealkylation sites (tertiary alicyclic amines) is 1. The first-order valence-electron chi connectivity index (χ1n) is 6.15. The number of rotatable bonds is 2. The first-order chi connectivity index (χ1) is 8.63. The van der Waals surface area contributed by atoms with Crippen LogP contribution in [-0.4, -0.2) is 37.1 Å². The van der Waals surface area contributed by atoms with Crippen LogP contribution in [0.15, 0.2) is 24.3 Å². The number of urea groups is 1. The van der Waals surface area contributed by atoms with Gasteiger partial charge >= 0.3 is 6.03 Å². The summed E-state index contributed by atoms with van der Waals surface area (Å²) in [6, 6.07) is 7.22. The van der Waals surface area contributed by atoms with Gasteiger partial charge in [0.15, 0.2) is 0 Å². The van der Waals surface area contributed by atoms with Gasteiger partial charge in [0.1, 0.15) is 0 Å². The highest BCUT2D eigenvalue weighted by Crippen LogP contribution is 2.13. The van der Waals surface area contributed by atoms with Crippen LogP contribution >= 0.6 is 11.6 Å². The highest BCUT2D eigenvalue weighted by Gasteiger charge is 2.18. The van der Waals surface area contributed by atoms with Crippen LogP contribution in [0.4, 0.5) is 10.5 Å². The normalized spacial score (nSPS) is 17.4. The summed E-state index contributed by atoms with van der Waals surface area (Å²) in [4.78, 5) is 14.1. The van der Waals surface area contributed by atoms with Crippen molar-refractivity contribution in [1.82, 2.24) is 10.2 Å². The maximum Gasteiger partial charge on any atom is 0.319 e. The van der Waals surface area contributed by atoms with Gasteiger partial charge in [-0.3, -0.25) is 0 Å². The van der Waals surface area contributed by atoms with Gasteiger partial charge in [-0.05, 0) is 57.2 Å². The maximum absolute atomic E-state index is 11.8. The molecule has 0 aromatic heterocycles. The predicted molar refractivity (Wildman–Crippen MR) is 74.1 cm³/mol. The Bertz CT molecular complexity index is 399. The zero-order chi connectivity index (χ0) is 13.0. The van der Waals surface area contributed by atoms with E-state index in [-0.39, 0.29) is 12.1 Å². The molecule has 1 aliphatic rings. The number of anilines is 1. The summed E-state index contributed by atoms with van der Waals surface area (Å²) in [5.74, 6) is 0. The molecule has 5 heteroatoms. The molecule has 1 fully saturated rings. The van der Waals surface area contributed by atoms with E-state index in [0.29, 0.717) is 5.02 Å². The molecule has 2 amide bonds. The SMILES string of the molecule is CN1CCC(NC(=O)Nc2ccc(Cl)cc2)CC1. The average molecular weight is 268 g/mol. The molecule has 4 nitrogen and oxygen atoms in total. The van der Waals surface area contributed by atoms with Crippen molar-refractivity contribution < 1.29 is 4.79 Å². The lowest BCUT2D eigenvalue weighted by molar-refractivity contribution is 0.221. The van der Waals surface area contributed by atoms with Crippen LogP contribution in [0.5, 0.6) is 0 Å². The smallest absolute Gasteiger partial charge is 0.319 e. The van der Waals surface area contributed by atoms with Gasteiger partial charge in [0.2, 0.25) is 0 Å². The van der Waals surface area contributed by atoms with Crippen molar-refractivity contribution in [1.29, 1.82) is 0 Å². The summed E-state index contributed by atoms with van der Waals surface area (Å²) >= 11 is 5.78. The summed E-state index contributed by atoms with van der Waals surface area (Å²) < 4.78 is 0. The number of nitrogens with one attached hydrogen (secondary N) is 2. The van der Waals surface area contributed by atoms with E-state index in [1.54, 1.807) is 24.3 Å². The molecule has 0 bridgehead atoms. The van der Waals surface area contributed by atoms with Gasteiger partial charge < -0.3 is 15.5 Å². The lowest BCUT2D eigenvalue weighted by Crippen LogP contribution is -2.44. The summed E-state index contributed by atoms with van der Waals surface area (Å²) in [6.45, 7) is 2.07. The average Bonchev–Trinajstić information content (AvgIpc) is 2.35. The summed E-state index contributed by atoms with van der Waals surface area (Å²) in [7, 11) is 2.10. The zero-order valence-corrected chi connectivity index (χ0v) is 11.2. The molecule has 18 heavy (non-hydrogen) atoms. The number of hydrogen-bond donors (Lipinski definition) is 2. The van der Waals surface area contributed by atoms with E-state index in [4.69, 9.17) is 11.6 Å². The van der Waals surface area contributed by atoms with Gasteiger partial charge in [0.25, 0.3) is 0 Å². The number of halogens is 1. The first-order valence-corrected chi connectivity index (χ1v) is 6.53. The Morgan fingerprint density at radius 1 is 1.28 bits per heavy atom. The van der Waals surface area contributed by atoms with Crippen LogP contribution in [0.3, 0.4) is 0 Å². The molecule has 0 saturated carbocycles. The topological polar surface area (TPSA) is 44.4 Å². The maximum atomic E-state index is 11.8. The molecule has 1 aliphatic heterocycles. The molecule has 1 aromatic rings. The number of amides is 2. The minimum atomic E-state index is -0.146. The first kappa shape index (κ1) is 13.2. The number of nitrogens with zero attached hydrogens (tertiary/aromatic N) is 1. The van der Waals surface area contributed by atoms with Crippen LogP contribution in [0.1, 0.15) is 12.8 Å². The quantitative estimate of drug-likeness (QED) is 0.865. The minimum Gasteiger partial charge on any atom is -0.335 e. The highest BCUT2D eigenvalue weighted by atomic mass is 35.5. The van der Waals surface area contributed by atoms with Crippen molar-refractivity contribution in [3.63, 3.8) is 0 Å². The second kappa shape index (κ2) is 6.07. The van der Waals surface area contributed by atoms with Crippen LogP contribution in [0.2, 0.25) is 5.02 Å². The van der Waals surface area contributed by atoms with E-state index in [2.05, 4.69) is 22.6 Å². The van der Waals surface area contributed by atoms with Crippen LogP contribution < -0.4 is 10.6 Å².